The minimum atomic E-state index is -3.92. The van der Waals surface area contributed by atoms with Gasteiger partial charge in [-0.1, -0.05) is 26.0 Å². The molecule has 1 saturated heterocycles. The number of methoxy groups -OCH3 is 1. The van der Waals surface area contributed by atoms with Crippen LogP contribution in [-0.4, -0.2) is 89.9 Å². The molecule has 4 aliphatic rings. The van der Waals surface area contributed by atoms with E-state index in [0.29, 0.717) is 36.5 Å². The SMILES string of the molecule is COc1cc2ccnc(O[C@@H]3C[C@H]4C(=O)N[C@]5(C(=O)NS(=O)(=O)C6CC6)C[C@H]5/C=C\CC[C@@H](C)C[C@@H](C)[C@H](NC(=O)O)C(=O)N4C3)c2cc1F. The summed E-state index contributed by atoms with van der Waals surface area (Å²) in [7, 11) is -2.58. The smallest absolute Gasteiger partial charge is 0.405 e. The van der Waals surface area contributed by atoms with Gasteiger partial charge >= 0.3 is 6.09 Å². The summed E-state index contributed by atoms with van der Waals surface area (Å²) < 4.78 is 53.7. The zero-order chi connectivity index (χ0) is 36.0. The zero-order valence-electron chi connectivity index (χ0n) is 28.1. The number of aromatic nitrogens is 1. The fraction of sp³-hybridized carbons (Fsp3) is 0.559. The van der Waals surface area contributed by atoms with Gasteiger partial charge in [0.05, 0.1) is 18.9 Å². The second-order valence-electron chi connectivity index (χ2n) is 14.0. The van der Waals surface area contributed by atoms with E-state index in [4.69, 9.17) is 9.47 Å². The van der Waals surface area contributed by atoms with Gasteiger partial charge in [-0.2, -0.15) is 0 Å². The van der Waals surface area contributed by atoms with Crippen LogP contribution in [-0.2, 0) is 24.4 Å². The minimum absolute atomic E-state index is 0.0280. The van der Waals surface area contributed by atoms with E-state index >= 15 is 0 Å². The fourth-order valence-corrected chi connectivity index (χ4v) is 8.55. The first-order chi connectivity index (χ1) is 23.7. The third-order valence-corrected chi connectivity index (χ3v) is 12.0. The third-order valence-electron chi connectivity index (χ3n) is 10.2. The summed E-state index contributed by atoms with van der Waals surface area (Å²) in [4.78, 5) is 59.5. The number of hydrogen-bond acceptors (Lipinski definition) is 9. The number of nitrogens with zero attached hydrogens (tertiary/aromatic N) is 2. The molecular formula is C34H42FN5O9S. The van der Waals surface area contributed by atoms with Crippen LogP contribution in [0.5, 0.6) is 11.6 Å². The van der Waals surface area contributed by atoms with Gasteiger partial charge in [-0.25, -0.2) is 22.6 Å². The molecule has 2 aliphatic heterocycles. The van der Waals surface area contributed by atoms with E-state index in [1.807, 2.05) is 19.1 Å². The number of benzene rings is 1. The molecule has 2 aromatic rings. The molecule has 0 bridgehead atoms. The monoisotopic (exact) mass is 715 g/mol. The largest absolute Gasteiger partial charge is 0.494 e. The number of fused-ring (bicyclic) bond motifs is 3. The standard InChI is InChI=1S/C34H42FN5O9S/c1-18-6-4-5-7-21-16-34(21,32(43)39-50(46,47)23-8-9-23)38-29(41)26-14-22(17-40(26)31(42)28(19(2)12-18)37-33(44)45)49-30-24-15-25(35)27(48-3)13-20(24)10-11-36-30/h5,7,10-11,13,15,18-19,21-23,26,28,37H,4,6,8-9,12,14,16-17H2,1-3H3,(H,38,41)(H,39,43)(H,44,45)/b7-5-/t18-,19-,21-,22-,26+,28+,34-/m1/s1. The van der Waals surface area contributed by atoms with Gasteiger partial charge in [0.2, 0.25) is 27.7 Å². The molecule has 2 saturated carbocycles. The summed E-state index contributed by atoms with van der Waals surface area (Å²) in [6.07, 6.45) is 5.79. The van der Waals surface area contributed by atoms with Gasteiger partial charge < -0.3 is 30.1 Å². The molecular weight excluding hydrogens is 673 g/mol. The molecule has 4 amide bonds. The Morgan fingerprint density at radius 3 is 2.62 bits per heavy atom. The van der Waals surface area contributed by atoms with Crippen LogP contribution in [0.25, 0.3) is 10.8 Å². The Bertz CT molecular complexity index is 1840. The first-order valence-electron chi connectivity index (χ1n) is 16.9. The van der Waals surface area contributed by atoms with Crippen molar-refractivity contribution in [2.45, 2.75) is 87.8 Å². The summed E-state index contributed by atoms with van der Waals surface area (Å²) in [6, 6.07) is 1.95. The van der Waals surface area contributed by atoms with E-state index in [0.717, 1.165) is 6.42 Å². The molecule has 50 heavy (non-hydrogen) atoms. The number of pyridine rings is 1. The maximum atomic E-state index is 14.7. The Kier molecular flexibility index (Phi) is 9.68. The van der Waals surface area contributed by atoms with Crippen LogP contribution in [0.15, 0.2) is 36.5 Å². The summed E-state index contributed by atoms with van der Waals surface area (Å²) >= 11 is 0. The lowest BCUT2D eigenvalue weighted by atomic mass is 9.88. The summed E-state index contributed by atoms with van der Waals surface area (Å²) in [5.41, 5.74) is -1.56. The molecule has 0 unspecified atom stereocenters. The average molecular weight is 716 g/mol. The van der Waals surface area contributed by atoms with Crippen LogP contribution in [0, 0.1) is 23.6 Å². The molecule has 1 aromatic heterocycles. The van der Waals surface area contributed by atoms with Crippen molar-refractivity contribution in [1.29, 1.82) is 0 Å². The Morgan fingerprint density at radius 2 is 1.92 bits per heavy atom. The lowest BCUT2D eigenvalue weighted by Gasteiger charge is -2.32. The van der Waals surface area contributed by atoms with Crippen LogP contribution < -0.4 is 24.8 Å². The van der Waals surface area contributed by atoms with E-state index < -0.39 is 80.5 Å². The highest BCUT2D eigenvalue weighted by molar-refractivity contribution is 7.91. The maximum Gasteiger partial charge on any atom is 0.405 e. The van der Waals surface area contributed by atoms with Gasteiger partial charge in [-0.15, -0.1) is 0 Å². The summed E-state index contributed by atoms with van der Waals surface area (Å²) in [6.45, 7) is 3.64. The van der Waals surface area contributed by atoms with Crippen molar-refractivity contribution < 1.29 is 46.6 Å². The van der Waals surface area contributed by atoms with Crippen molar-refractivity contribution in [3.63, 3.8) is 0 Å². The van der Waals surface area contributed by atoms with Gasteiger partial charge in [0.25, 0.3) is 5.91 Å². The van der Waals surface area contributed by atoms with Crippen LogP contribution >= 0.6 is 0 Å². The molecule has 14 nitrogen and oxygen atoms in total. The average Bonchev–Trinajstić information content (AvgIpc) is 3.98. The molecule has 3 heterocycles. The van der Waals surface area contributed by atoms with E-state index in [-0.39, 0.29) is 36.9 Å². The normalized spacial score (nSPS) is 30.9. The quantitative estimate of drug-likeness (QED) is 0.310. The number of carbonyl (C=O) groups excluding carboxylic acids is 3. The molecule has 1 aromatic carbocycles. The predicted molar refractivity (Wildman–Crippen MR) is 178 cm³/mol. The van der Waals surface area contributed by atoms with E-state index in [2.05, 4.69) is 20.3 Å². The van der Waals surface area contributed by atoms with Gasteiger partial charge in [-0.3, -0.25) is 19.1 Å². The molecule has 0 radical (unpaired) electrons. The number of carboxylic acid groups (broad SMARTS) is 1. The first-order valence-corrected chi connectivity index (χ1v) is 18.4. The Labute approximate surface area is 289 Å². The lowest BCUT2D eigenvalue weighted by Crippen LogP contribution is -2.59. The van der Waals surface area contributed by atoms with Crippen LogP contribution in [0.1, 0.15) is 58.8 Å². The number of rotatable bonds is 7. The van der Waals surface area contributed by atoms with Crippen LogP contribution in [0.3, 0.4) is 0 Å². The number of carbonyl (C=O) groups is 4. The lowest BCUT2D eigenvalue weighted by molar-refractivity contribution is -0.142. The van der Waals surface area contributed by atoms with Crippen LogP contribution in [0.4, 0.5) is 9.18 Å². The number of amides is 4. The number of halogens is 1. The highest BCUT2D eigenvalue weighted by Crippen LogP contribution is 2.46. The first kappa shape index (κ1) is 35.4. The predicted octanol–water partition coefficient (Wildman–Crippen LogP) is 2.86. The number of hydrogen-bond donors (Lipinski definition) is 4. The maximum absolute atomic E-state index is 14.7. The number of allylic oxidation sites excluding steroid dienone is 1. The molecule has 7 atom stereocenters. The van der Waals surface area contributed by atoms with Crippen molar-refractivity contribution in [2.24, 2.45) is 17.8 Å². The summed E-state index contributed by atoms with van der Waals surface area (Å²) in [5, 5.41) is 15.1. The number of nitrogens with one attached hydrogen (secondary N) is 3. The third kappa shape index (κ3) is 7.21. The van der Waals surface area contributed by atoms with E-state index in [1.165, 1.54) is 30.3 Å². The van der Waals surface area contributed by atoms with E-state index in [1.54, 1.807) is 13.0 Å². The van der Waals surface area contributed by atoms with Gasteiger partial charge in [0.15, 0.2) is 11.6 Å². The summed E-state index contributed by atoms with van der Waals surface area (Å²) in [5.74, 6) is -3.58. The molecule has 3 fully saturated rings. The number of sulfonamides is 1. The number of ether oxygens (including phenoxy) is 2. The molecule has 6 rings (SSSR count). The Hall–Kier alpha value is -4.47. The Morgan fingerprint density at radius 1 is 1.16 bits per heavy atom. The molecule has 270 valence electrons. The van der Waals surface area contributed by atoms with Gasteiger partial charge in [0.1, 0.15) is 23.7 Å². The van der Waals surface area contributed by atoms with Crippen molar-refractivity contribution in [1.82, 2.24) is 25.2 Å². The fourth-order valence-electron chi connectivity index (χ4n) is 7.19. The molecule has 0 spiro atoms. The van der Waals surface area contributed by atoms with Crippen molar-refractivity contribution in [3.05, 3.63) is 42.4 Å². The van der Waals surface area contributed by atoms with Crippen molar-refractivity contribution in [3.8, 4) is 11.6 Å². The second kappa shape index (κ2) is 13.7. The van der Waals surface area contributed by atoms with Crippen LogP contribution in [0.2, 0.25) is 0 Å². The molecule has 16 heteroatoms. The highest BCUT2D eigenvalue weighted by atomic mass is 32.2. The topological polar surface area (TPSA) is 193 Å². The van der Waals surface area contributed by atoms with Gasteiger partial charge in [0, 0.05) is 23.9 Å². The molecule has 2 aliphatic carbocycles. The van der Waals surface area contributed by atoms with Gasteiger partial charge in [-0.05, 0) is 73.9 Å². The zero-order valence-corrected chi connectivity index (χ0v) is 28.9. The molecule has 4 N–H and O–H groups in total. The van der Waals surface area contributed by atoms with E-state index in [9.17, 15) is 37.1 Å². The van der Waals surface area contributed by atoms with Crippen molar-refractivity contribution in [2.75, 3.05) is 13.7 Å². The minimum Gasteiger partial charge on any atom is -0.494 e. The Balaban J connectivity index is 1.34. The van der Waals surface area contributed by atoms with Crippen molar-refractivity contribution >= 4 is 44.6 Å². The highest BCUT2D eigenvalue weighted by Gasteiger charge is 2.62. The second-order valence-corrected chi connectivity index (χ2v) is 16.0.